The summed E-state index contributed by atoms with van der Waals surface area (Å²) in [4.78, 5) is 14.8. The van der Waals surface area contributed by atoms with Gasteiger partial charge in [-0.1, -0.05) is 49.6 Å². The second kappa shape index (κ2) is 6.95. The molecule has 0 bridgehead atoms. The SMILES string of the molecule is O=C(NC1CCCCC1)N1CCCC1c1c(O)ccc2ccccc12. The Balaban J connectivity index is 1.61. The Morgan fingerprint density at radius 2 is 1.80 bits per heavy atom. The quantitative estimate of drug-likeness (QED) is 0.832. The van der Waals surface area contributed by atoms with E-state index in [1.165, 1.54) is 19.3 Å². The third-order valence-corrected chi connectivity index (χ3v) is 5.73. The lowest BCUT2D eigenvalue weighted by atomic mass is 9.95. The molecule has 4 nitrogen and oxygen atoms in total. The number of carbonyl (C=O) groups excluding carboxylic acids is 1. The highest BCUT2D eigenvalue weighted by atomic mass is 16.3. The maximum absolute atomic E-state index is 12.9. The van der Waals surface area contributed by atoms with Crippen LogP contribution in [0.5, 0.6) is 5.75 Å². The van der Waals surface area contributed by atoms with E-state index in [0.29, 0.717) is 11.8 Å². The van der Waals surface area contributed by atoms with E-state index < -0.39 is 0 Å². The summed E-state index contributed by atoms with van der Waals surface area (Å²) < 4.78 is 0. The molecule has 2 aromatic rings. The highest BCUT2D eigenvalue weighted by Gasteiger charge is 2.33. The molecule has 1 saturated heterocycles. The topological polar surface area (TPSA) is 52.6 Å². The Hall–Kier alpha value is -2.23. The van der Waals surface area contributed by atoms with Gasteiger partial charge >= 0.3 is 6.03 Å². The third-order valence-electron chi connectivity index (χ3n) is 5.73. The van der Waals surface area contributed by atoms with E-state index in [9.17, 15) is 9.90 Å². The molecule has 2 aromatic carbocycles. The van der Waals surface area contributed by atoms with E-state index >= 15 is 0 Å². The van der Waals surface area contributed by atoms with Crippen LogP contribution in [0.15, 0.2) is 36.4 Å². The molecule has 2 fully saturated rings. The molecular weight excluding hydrogens is 312 g/mol. The van der Waals surface area contributed by atoms with Crippen LogP contribution >= 0.6 is 0 Å². The van der Waals surface area contributed by atoms with Crippen molar-refractivity contribution >= 4 is 16.8 Å². The first kappa shape index (κ1) is 16.2. The van der Waals surface area contributed by atoms with Crippen molar-refractivity contribution in [2.24, 2.45) is 0 Å². The van der Waals surface area contributed by atoms with E-state index in [1.54, 1.807) is 6.07 Å². The van der Waals surface area contributed by atoms with Gasteiger partial charge in [-0.15, -0.1) is 0 Å². The summed E-state index contributed by atoms with van der Waals surface area (Å²) in [6, 6.07) is 12.1. The Labute approximate surface area is 148 Å². The van der Waals surface area contributed by atoms with Crippen LogP contribution in [0.4, 0.5) is 4.79 Å². The fourth-order valence-corrected chi connectivity index (χ4v) is 4.45. The first-order chi connectivity index (χ1) is 12.2. The van der Waals surface area contributed by atoms with Crippen molar-refractivity contribution in [2.75, 3.05) is 6.54 Å². The average Bonchev–Trinajstić information content (AvgIpc) is 3.12. The number of hydrogen-bond acceptors (Lipinski definition) is 2. The molecule has 2 aliphatic rings. The summed E-state index contributed by atoms with van der Waals surface area (Å²) in [5.41, 5.74) is 0.898. The number of benzene rings is 2. The van der Waals surface area contributed by atoms with Crippen molar-refractivity contribution in [1.29, 1.82) is 0 Å². The van der Waals surface area contributed by atoms with Gasteiger partial charge in [-0.2, -0.15) is 0 Å². The van der Waals surface area contributed by atoms with E-state index in [2.05, 4.69) is 11.4 Å². The fraction of sp³-hybridized carbons (Fsp3) is 0.476. The number of urea groups is 1. The van der Waals surface area contributed by atoms with Gasteiger partial charge in [-0.3, -0.25) is 0 Å². The second-order valence-electron chi connectivity index (χ2n) is 7.36. The number of amides is 2. The highest BCUT2D eigenvalue weighted by molar-refractivity contribution is 5.89. The minimum absolute atomic E-state index is 0.0294. The summed E-state index contributed by atoms with van der Waals surface area (Å²) in [5, 5.41) is 15.9. The predicted octanol–water partition coefficient (Wildman–Crippen LogP) is 4.72. The van der Waals surface area contributed by atoms with Crippen LogP contribution in [0.3, 0.4) is 0 Å². The predicted molar refractivity (Wildman–Crippen MR) is 99.7 cm³/mol. The molecule has 2 amide bonds. The third kappa shape index (κ3) is 3.17. The second-order valence-corrected chi connectivity index (χ2v) is 7.36. The first-order valence-electron chi connectivity index (χ1n) is 9.52. The smallest absolute Gasteiger partial charge is 0.318 e. The van der Waals surface area contributed by atoms with Crippen molar-refractivity contribution in [3.8, 4) is 5.75 Å². The van der Waals surface area contributed by atoms with Crippen molar-refractivity contribution < 1.29 is 9.90 Å². The van der Waals surface area contributed by atoms with Crippen molar-refractivity contribution in [2.45, 2.75) is 57.0 Å². The van der Waals surface area contributed by atoms with Crippen LogP contribution in [0.2, 0.25) is 0 Å². The summed E-state index contributed by atoms with van der Waals surface area (Å²) in [6.45, 7) is 0.756. The summed E-state index contributed by atoms with van der Waals surface area (Å²) >= 11 is 0. The van der Waals surface area contributed by atoms with Gasteiger partial charge < -0.3 is 15.3 Å². The fourth-order valence-electron chi connectivity index (χ4n) is 4.45. The number of likely N-dealkylation sites (tertiary alicyclic amines) is 1. The average molecular weight is 338 g/mol. The first-order valence-corrected chi connectivity index (χ1v) is 9.52. The number of rotatable bonds is 2. The lowest BCUT2D eigenvalue weighted by molar-refractivity contribution is 0.185. The maximum atomic E-state index is 12.9. The zero-order valence-corrected chi connectivity index (χ0v) is 14.6. The van der Waals surface area contributed by atoms with E-state index in [-0.39, 0.29) is 12.1 Å². The number of phenolic OH excluding ortho intramolecular Hbond substituents is 1. The molecule has 1 heterocycles. The van der Waals surface area contributed by atoms with E-state index in [1.807, 2.05) is 29.2 Å². The summed E-state index contributed by atoms with van der Waals surface area (Å²) in [6.07, 6.45) is 7.75. The van der Waals surface area contributed by atoms with Crippen LogP contribution < -0.4 is 5.32 Å². The van der Waals surface area contributed by atoms with E-state index in [0.717, 1.165) is 48.6 Å². The van der Waals surface area contributed by atoms with Crippen LogP contribution in [0.25, 0.3) is 10.8 Å². The number of nitrogens with one attached hydrogen (secondary N) is 1. The number of fused-ring (bicyclic) bond motifs is 1. The Bertz CT molecular complexity index is 768. The van der Waals surface area contributed by atoms with Crippen molar-refractivity contribution in [1.82, 2.24) is 10.2 Å². The van der Waals surface area contributed by atoms with Crippen LogP contribution in [-0.2, 0) is 0 Å². The molecule has 0 radical (unpaired) electrons. The van der Waals surface area contributed by atoms with Crippen LogP contribution in [0, 0.1) is 0 Å². The Kier molecular flexibility index (Phi) is 4.51. The monoisotopic (exact) mass is 338 g/mol. The zero-order valence-electron chi connectivity index (χ0n) is 14.6. The van der Waals surface area contributed by atoms with E-state index in [4.69, 9.17) is 0 Å². The number of nitrogens with zero attached hydrogens (tertiary/aromatic N) is 1. The van der Waals surface area contributed by atoms with Gasteiger partial charge in [0.1, 0.15) is 5.75 Å². The molecule has 1 unspecified atom stereocenters. The lowest BCUT2D eigenvalue weighted by Crippen LogP contribution is -2.45. The van der Waals surface area contributed by atoms with Gasteiger partial charge in [0.2, 0.25) is 0 Å². The summed E-state index contributed by atoms with van der Waals surface area (Å²) in [7, 11) is 0. The number of phenols is 1. The molecule has 1 atom stereocenters. The van der Waals surface area contributed by atoms with Gasteiger partial charge in [0.25, 0.3) is 0 Å². The number of hydrogen-bond donors (Lipinski definition) is 2. The Morgan fingerprint density at radius 3 is 2.64 bits per heavy atom. The molecule has 2 N–H and O–H groups in total. The zero-order chi connectivity index (χ0) is 17.2. The molecule has 1 saturated carbocycles. The van der Waals surface area contributed by atoms with Crippen LogP contribution in [0.1, 0.15) is 56.6 Å². The maximum Gasteiger partial charge on any atom is 0.318 e. The number of carbonyl (C=O) groups is 1. The summed E-state index contributed by atoms with van der Waals surface area (Å²) in [5.74, 6) is 0.293. The van der Waals surface area contributed by atoms with Crippen LogP contribution in [-0.4, -0.2) is 28.6 Å². The normalized spacial score (nSPS) is 21.6. The van der Waals surface area contributed by atoms with Gasteiger partial charge in [0, 0.05) is 18.2 Å². The minimum atomic E-state index is -0.0466. The van der Waals surface area contributed by atoms with Crippen molar-refractivity contribution in [3.63, 3.8) is 0 Å². The molecular formula is C21H26N2O2. The van der Waals surface area contributed by atoms with Gasteiger partial charge in [0.15, 0.2) is 0 Å². The molecule has 4 heteroatoms. The highest BCUT2D eigenvalue weighted by Crippen LogP contribution is 2.40. The van der Waals surface area contributed by atoms with Gasteiger partial charge in [-0.25, -0.2) is 4.79 Å². The molecule has 132 valence electrons. The molecule has 25 heavy (non-hydrogen) atoms. The van der Waals surface area contributed by atoms with Gasteiger partial charge in [-0.05, 0) is 42.5 Å². The largest absolute Gasteiger partial charge is 0.508 e. The molecule has 0 aromatic heterocycles. The molecule has 1 aliphatic carbocycles. The number of aromatic hydroxyl groups is 1. The molecule has 4 rings (SSSR count). The van der Waals surface area contributed by atoms with Gasteiger partial charge in [0.05, 0.1) is 6.04 Å². The lowest BCUT2D eigenvalue weighted by Gasteiger charge is -2.30. The molecule has 0 spiro atoms. The van der Waals surface area contributed by atoms with Crippen molar-refractivity contribution in [3.05, 3.63) is 42.0 Å². The minimum Gasteiger partial charge on any atom is -0.508 e. The molecule has 1 aliphatic heterocycles. The standard InChI is InChI=1S/C21H26N2O2/c24-19-13-12-15-7-4-5-10-17(15)20(19)18-11-6-14-23(18)21(25)22-16-8-2-1-3-9-16/h4-5,7,10,12-13,16,18,24H,1-3,6,8-9,11,14H2,(H,22,25). The Morgan fingerprint density at radius 1 is 1.00 bits per heavy atom.